The van der Waals surface area contributed by atoms with E-state index in [0.717, 1.165) is 22.1 Å². The van der Waals surface area contributed by atoms with Gasteiger partial charge in [0.1, 0.15) is 5.82 Å². The molecule has 1 unspecified atom stereocenters. The summed E-state index contributed by atoms with van der Waals surface area (Å²) in [6.45, 7) is 2.91. The van der Waals surface area contributed by atoms with Crippen molar-refractivity contribution in [2.24, 2.45) is 0 Å². The minimum atomic E-state index is -0.207. The van der Waals surface area contributed by atoms with Gasteiger partial charge in [0.15, 0.2) is 0 Å². The van der Waals surface area contributed by atoms with Gasteiger partial charge in [0, 0.05) is 4.47 Å². The number of halogens is 2. The first-order chi connectivity index (χ1) is 8.72. The summed E-state index contributed by atoms with van der Waals surface area (Å²) in [5.74, 6) is -0.207. The van der Waals surface area contributed by atoms with E-state index in [0.29, 0.717) is 0 Å². The average Bonchev–Trinajstić information content (AvgIpc) is 2.38. The third-order valence-electron chi connectivity index (χ3n) is 2.83. The molecule has 0 aromatic heterocycles. The van der Waals surface area contributed by atoms with Crippen LogP contribution in [0.3, 0.4) is 0 Å². The molecule has 2 aromatic carbocycles. The first-order valence-corrected chi connectivity index (χ1v) is 6.75. The molecule has 3 heteroatoms. The molecule has 18 heavy (non-hydrogen) atoms. The van der Waals surface area contributed by atoms with Crippen LogP contribution in [0.2, 0.25) is 0 Å². The zero-order valence-electron chi connectivity index (χ0n) is 10.2. The summed E-state index contributed by atoms with van der Waals surface area (Å²) >= 11 is 3.56. The maximum Gasteiger partial charge on any atom is 0.123 e. The van der Waals surface area contributed by atoms with E-state index in [9.17, 15) is 4.39 Å². The number of hydrogen-bond acceptors (Lipinski definition) is 1. The number of benzene rings is 2. The maximum atomic E-state index is 13.0. The summed E-state index contributed by atoms with van der Waals surface area (Å²) in [5.41, 5.74) is 2.22. The van der Waals surface area contributed by atoms with Crippen LogP contribution in [0.1, 0.15) is 24.1 Å². The first-order valence-electron chi connectivity index (χ1n) is 5.95. The third kappa shape index (κ3) is 2.98. The van der Waals surface area contributed by atoms with Gasteiger partial charge >= 0.3 is 0 Å². The fourth-order valence-corrected chi connectivity index (χ4v) is 2.49. The lowest BCUT2D eigenvalue weighted by Gasteiger charge is -2.20. The fraction of sp³-hybridized carbons (Fsp3) is 0.200. The molecule has 94 valence electrons. The van der Waals surface area contributed by atoms with Gasteiger partial charge in [-0.2, -0.15) is 0 Å². The van der Waals surface area contributed by atoms with Crippen molar-refractivity contribution in [1.82, 2.24) is 5.32 Å². The Bertz CT molecular complexity index is 510. The molecule has 0 fully saturated rings. The van der Waals surface area contributed by atoms with Crippen LogP contribution < -0.4 is 5.32 Å². The van der Waals surface area contributed by atoms with E-state index in [-0.39, 0.29) is 11.9 Å². The molecular formula is C15H15BrFN. The quantitative estimate of drug-likeness (QED) is 0.888. The van der Waals surface area contributed by atoms with Crippen LogP contribution in [-0.4, -0.2) is 6.54 Å². The van der Waals surface area contributed by atoms with E-state index in [1.807, 2.05) is 30.3 Å². The third-order valence-corrected chi connectivity index (χ3v) is 3.55. The van der Waals surface area contributed by atoms with Gasteiger partial charge in [-0.3, -0.25) is 0 Å². The van der Waals surface area contributed by atoms with Crippen LogP contribution in [0.15, 0.2) is 53.0 Å². The summed E-state index contributed by atoms with van der Waals surface area (Å²) in [4.78, 5) is 0. The van der Waals surface area contributed by atoms with Gasteiger partial charge in [-0.1, -0.05) is 53.2 Å². The van der Waals surface area contributed by atoms with E-state index in [1.165, 1.54) is 12.1 Å². The zero-order valence-corrected chi connectivity index (χ0v) is 11.7. The van der Waals surface area contributed by atoms with Crippen molar-refractivity contribution >= 4 is 15.9 Å². The van der Waals surface area contributed by atoms with E-state index in [1.54, 1.807) is 0 Å². The SMILES string of the molecule is CCNC(c1ccc(F)cc1)c1ccccc1Br. The molecule has 2 rings (SSSR count). The first kappa shape index (κ1) is 13.2. The Kier molecular flexibility index (Phi) is 4.50. The Morgan fingerprint density at radius 3 is 2.39 bits per heavy atom. The fourth-order valence-electron chi connectivity index (χ4n) is 1.98. The lowest BCUT2D eigenvalue weighted by molar-refractivity contribution is 0.612. The molecule has 1 atom stereocenters. The average molecular weight is 308 g/mol. The highest BCUT2D eigenvalue weighted by Gasteiger charge is 2.15. The standard InChI is InChI=1S/C15H15BrFN/c1-2-18-15(11-7-9-12(17)10-8-11)13-5-3-4-6-14(13)16/h3-10,15,18H,2H2,1H3. The molecule has 0 aliphatic carbocycles. The molecule has 0 spiro atoms. The summed E-state index contributed by atoms with van der Waals surface area (Å²) in [6.07, 6.45) is 0. The highest BCUT2D eigenvalue weighted by Crippen LogP contribution is 2.28. The van der Waals surface area contributed by atoms with Gasteiger partial charge < -0.3 is 5.32 Å². The Morgan fingerprint density at radius 2 is 1.78 bits per heavy atom. The lowest BCUT2D eigenvalue weighted by atomic mass is 9.99. The molecule has 1 nitrogen and oxygen atoms in total. The molecule has 0 radical (unpaired) electrons. The van der Waals surface area contributed by atoms with Crippen molar-refractivity contribution in [3.63, 3.8) is 0 Å². The van der Waals surface area contributed by atoms with Crippen LogP contribution in [-0.2, 0) is 0 Å². The Labute approximate surface area is 115 Å². The second-order valence-electron chi connectivity index (χ2n) is 4.06. The summed E-state index contributed by atoms with van der Waals surface area (Å²) in [5, 5.41) is 3.42. The highest BCUT2D eigenvalue weighted by molar-refractivity contribution is 9.10. The Hall–Kier alpha value is -1.19. The molecule has 0 aliphatic rings. The van der Waals surface area contributed by atoms with E-state index in [4.69, 9.17) is 0 Å². The number of hydrogen-bond donors (Lipinski definition) is 1. The van der Waals surface area contributed by atoms with Crippen molar-refractivity contribution < 1.29 is 4.39 Å². The molecule has 0 saturated heterocycles. The maximum absolute atomic E-state index is 13.0. The van der Waals surface area contributed by atoms with Crippen LogP contribution >= 0.6 is 15.9 Å². The van der Waals surface area contributed by atoms with E-state index >= 15 is 0 Å². The number of nitrogens with one attached hydrogen (secondary N) is 1. The zero-order chi connectivity index (χ0) is 13.0. The Balaban J connectivity index is 2.40. The smallest absolute Gasteiger partial charge is 0.123 e. The van der Waals surface area contributed by atoms with E-state index in [2.05, 4.69) is 34.2 Å². The van der Waals surface area contributed by atoms with Crippen molar-refractivity contribution in [2.45, 2.75) is 13.0 Å². The molecule has 0 saturated carbocycles. The second-order valence-corrected chi connectivity index (χ2v) is 4.92. The monoisotopic (exact) mass is 307 g/mol. The highest BCUT2D eigenvalue weighted by atomic mass is 79.9. The van der Waals surface area contributed by atoms with Crippen molar-refractivity contribution in [3.8, 4) is 0 Å². The topological polar surface area (TPSA) is 12.0 Å². The van der Waals surface area contributed by atoms with Crippen LogP contribution in [0.25, 0.3) is 0 Å². The van der Waals surface area contributed by atoms with Crippen LogP contribution in [0.5, 0.6) is 0 Å². The van der Waals surface area contributed by atoms with E-state index < -0.39 is 0 Å². The molecule has 0 heterocycles. The van der Waals surface area contributed by atoms with Gasteiger partial charge in [0.05, 0.1) is 6.04 Å². The molecule has 0 bridgehead atoms. The van der Waals surface area contributed by atoms with Gasteiger partial charge in [0.25, 0.3) is 0 Å². The van der Waals surface area contributed by atoms with Gasteiger partial charge in [0.2, 0.25) is 0 Å². The predicted molar refractivity (Wildman–Crippen MR) is 76.1 cm³/mol. The Morgan fingerprint density at radius 1 is 1.11 bits per heavy atom. The van der Waals surface area contributed by atoms with Gasteiger partial charge in [-0.05, 0) is 35.9 Å². The van der Waals surface area contributed by atoms with Crippen LogP contribution in [0, 0.1) is 5.82 Å². The lowest BCUT2D eigenvalue weighted by Crippen LogP contribution is -2.22. The normalized spacial score (nSPS) is 12.4. The molecular weight excluding hydrogens is 293 g/mol. The molecule has 1 N–H and O–H groups in total. The summed E-state index contributed by atoms with van der Waals surface area (Å²) in [6, 6.07) is 14.8. The molecule has 0 amide bonds. The largest absolute Gasteiger partial charge is 0.306 e. The predicted octanol–water partition coefficient (Wildman–Crippen LogP) is 4.29. The summed E-state index contributed by atoms with van der Waals surface area (Å²) in [7, 11) is 0. The number of rotatable bonds is 4. The summed E-state index contributed by atoms with van der Waals surface area (Å²) < 4.78 is 14.0. The van der Waals surface area contributed by atoms with Crippen LogP contribution in [0.4, 0.5) is 4.39 Å². The van der Waals surface area contributed by atoms with Crippen molar-refractivity contribution in [1.29, 1.82) is 0 Å². The van der Waals surface area contributed by atoms with Crippen molar-refractivity contribution in [3.05, 3.63) is 69.9 Å². The molecule has 0 aliphatic heterocycles. The van der Waals surface area contributed by atoms with Gasteiger partial charge in [-0.25, -0.2) is 4.39 Å². The minimum absolute atomic E-state index is 0.0752. The van der Waals surface area contributed by atoms with Crippen molar-refractivity contribution in [2.75, 3.05) is 6.54 Å². The van der Waals surface area contributed by atoms with Gasteiger partial charge in [-0.15, -0.1) is 0 Å². The molecule has 2 aromatic rings. The minimum Gasteiger partial charge on any atom is -0.306 e. The second kappa shape index (κ2) is 6.12.